The fourth-order valence-electron chi connectivity index (χ4n) is 2.24. The molecule has 0 saturated heterocycles. The van der Waals surface area contributed by atoms with Crippen molar-refractivity contribution in [3.05, 3.63) is 52.3 Å². The number of aromatic nitrogens is 1. The zero-order valence-electron chi connectivity index (χ0n) is 11.8. The molecule has 0 aliphatic carbocycles. The number of H-pyrrole nitrogens is 1. The van der Waals surface area contributed by atoms with Crippen molar-refractivity contribution in [2.24, 2.45) is 0 Å². The Balaban J connectivity index is 2.40. The smallest absolute Gasteiger partial charge is 0.252 e. The van der Waals surface area contributed by atoms with E-state index in [0.29, 0.717) is 5.56 Å². The number of halogens is 1. The standard InChI is InChI=1S/C16H19ClN2O/c1-3-19(4-2)14-7-5-6-12(10-14)15-9-8-13(11-17)16(20)18-15/h5-10H,3-4,11H2,1-2H3,(H,18,20). The minimum absolute atomic E-state index is 0.120. The van der Waals surface area contributed by atoms with Gasteiger partial charge in [-0.05, 0) is 32.0 Å². The Morgan fingerprint density at radius 1 is 1.15 bits per heavy atom. The zero-order chi connectivity index (χ0) is 14.5. The molecule has 0 aliphatic rings. The highest BCUT2D eigenvalue weighted by molar-refractivity contribution is 6.17. The molecular formula is C16H19ClN2O. The number of aromatic amines is 1. The van der Waals surface area contributed by atoms with Crippen molar-refractivity contribution in [2.45, 2.75) is 19.7 Å². The second kappa shape index (κ2) is 6.62. The van der Waals surface area contributed by atoms with E-state index in [1.54, 1.807) is 6.07 Å². The molecule has 106 valence electrons. The monoisotopic (exact) mass is 290 g/mol. The summed E-state index contributed by atoms with van der Waals surface area (Å²) < 4.78 is 0. The van der Waals surface area contributed by atoms with Crippen molar-refractivity contribution in [1.82, 2.24) is 4.98 Å². The van der Waals surface area contributed by atoms with Crippen molar-refractivity contribution in [1.29, 1.82) is 0 Å². The number of pyridine rings is 1. The van der Waals surface area contributed by atoms with E-state index >= 15 is 0 Å². The Kier molecular flexibility index (Phi) is 4.85. The molecule has 0 saturated carbocycles. The van der Waals surface area contributed by atoms with E-state index in [-0.39, 0.29) is 11.4 Å². The molecule has 1 heterocycles. The van der Waals surface area contributed by atoms with Gasteiger partial charge in [0.05, 0.1) is 5.88 Å². The third-order valence-electron chi connectivity index (χ3n) is 3.42. The molecule has 2 rings (SSSR count). The van der Waals surface area contributed by atoms with Gasteiger partial charge in [0.1, 0.15) is 0 Å². The predicted molar refractivity (Wildman–Crippen MR) is 85.6 cm³/mol. The quantitative estimate of drug-likeness (QED) is 0.854. The van der Waals surface area contributed by atoms with Crippen LogP contribution in [0.25, 0.3) is 11.3 Å². The molecule has 0 unspecified atom stereocenters. The van der Waals surface area contributed by atoms with Crippen LogP contribution in [0.4, 0.5) is 5.69 Å². The summed E-state index contributed by atoms with van der Waals surface area (Å²) in [6.45, 7) is 6.18. The summed E-state index contributed by atoms with van der Waals surface area (Å²) in [5.41, 5.74) is 3.46. The van der Waals surface area contributed by atoms with E-state index in [1.807, 2.05) is 18.2 Å². The highest BCUT2D eigenvalue weighted by Gasteiger charge is 2.06. The minimum atomic E-state index is -0.120. The normalized spacial score (nSPS) is 10.6. The summed E-state index contributed by atoms with van der Waals surface area (Å²) in [7, 11) is 0. The van der Waals surface area contributed by atoms with Crippen LogP contribution in [0.3, 0.4) is 0 Å². The lowest BCUT2D eigenvalue weighted by molar-refractivity contribution is 0.866. The van der Waals surface area contributed by atoms with Crippen LogP contribution >= 0.6 is 11.6 Å². The Morgan fingerprint density at radius 3 is 2.50 bits per heavy atom. The first-order valence-corrected chi connectivity index (χ1v) is 7.36. The SMILES string of the molecule is CCN(CC)c1cccc(-c2ccc(CCl)c(=O)[nH]2)c1. The Bertz CT molecular complexity index is 632. The van der Waals surface area contributed by atoms with Gasteiger partial charge in [0.15, 0.2) is 0 Å². The third-order valence-corrected chi connectivity index (χ3v) is 3.71. The topological polar surface area (TPSA) is 36.1 Å². The van der Waals surface area contributed by atoms with Gasteiger partial charge in [-0.2, -0.15) is 0 Å². The Hall–Kier alpha value is -1.74. The second-order valence-electron chi connectivity index (χ2n) is 4.58. The molecule has 20 heavy (non-hydrogen) atoms. The molecule has 1 aromatic heterocycles. The van der Waals surface area contributed by atoms with Gasteiger partial charge in [-0.25, -0.2) is 0 Å². The van der Waals surface area contributed by atoms with Gasteiger partial charge in [-0.15, -0.1) is 11.6 Å². The van der Waals surface area contributed by atoms with Crippen molar-refractivity contribution >= 4 is 17.3 Å². The fraction of sp³-hybridized carbons (Fsp3) is 0.312. The largest absolute Gasteiger partial charge is 0.372 e. The van der Waals surface area contributed by atoms with Gasteiger partial charge < -0.3 is 9.88 Å². The molecular weight excluding hydrogens is 272 g/mol. The van der Waals surface area contributed by atoms with Crippen molar-refractivity contribution in [3.8, 4) is 11.3 Å². The summed E-state index contributed by atoms with van der Waals surface area (Å²) in [4.78, 5) is 17.0. The first kappa shape index (κ1) is 14.7. The first-order valence-electron chi connectivity index (χ1n) is 6.83. The number of nitrogens with zero attached hydrogens (tertiary/aromatic N) is 1. The Morgan fingerprint density at radius 2 is 1.90 bits per heavy atom. The van der Waals surface area contributed by atoms with Crippen molar-refractivity contribution < 1.29 is 0 Å². The van der Waals surface area contributed by atoms with Gasteiger partial charge in [-0.1, -0.05) is 18.2 Å². The highest BCUT2D eigenvalue weighted by Crippen LogP contribution is 2.22. The maximum absolute atomic E-state index is 11.8. The molecule has 0 fully saturated rings. The minimum Gasteiger partial charge on any atom is -0.372 e. The molecule has 0 atom stereocenters. The number of benzene rings is 1. The lowest BCUT2D eigenvalue weighted by Crippen LogP contribution is -2.21. The van der Waals surface area contributed by atoms with Crippen LogP contribution in [-0.4, -0.2) is 18.1 Å². The molecule has 1 aromatic carbocycles. The number of nitrogens with one attached hydrogen (secondary N) is 1. The van der Waals surface area contributed by atoms with Gasteiger partial charge in [0, 0.05) is 35.6 Å². The molecule has 1 N–H and O–H groups in total. The maximum Gasteiger partial charge on any atom is 0.252 e. The van der Waals surface area contributed by atoms with Crippen LogP contribution in [0.15, 0.2) is 41.2 Å². The number of rotatable bonds is 5. The van der Waals surface area contributed by atoms with Crippen LogP contribution in [0.2, 0.25) is 0 Å². The van der Waals surface area contributed by atoms with Crippen LogP contribution in [0.1, 0.15) is 19.4 Å². The fourth-order valence-corrected chi connectivity index (χ4v) is 2.45. The van der Waals surface area contributed by atoms with Gasteiger partial charge in [-0.3, -0.25) is 4.79 Å². The number of hydrogen-bond donors (Lipinski definition) is 1. The summed E-state index contributed by atoms with van der Waals surface area (Å²) in [5, 5.41) is 0. The van der Waals surface area contributed by atoms with E-state index in [2.05, 4.69) is 35.9 Å². The molecule has 0 radical (unpaired) electrons. The number of alkyl halides is 1. The first-order chi connectivity index (χ1) is 9.69. The number of anilines is 1. The van der Waals surface area contributed by atoms with Crippen molar-refractivity contribution in [2.75, 3.05) is 18.0 Å². The average molecular weight is 291 g/mol. The lowest BCUT2D eigenvalue weighted by Gasteiger charge is -2.21. The third kappa shape index (κ3) is 3.05. The lowest BCUT2D eigenvalue weighted by atomic mass is 10.1. The molecule has 3 nitrogen and oxygen atoms in total. The van der Waals surface area contributed by atoms with Crippen LogP contribution < -0.4 is 10.5 Å². The van der Waals surface area contributed by atoms with Gasteiger partial charge in [0.2, 0.25) is 0 Å². The molecule has 0 aliphatic heterocycles. The van der Waals surface area contributed by atoms with E-state index in [4.69, 9.17) is 11.6 Å². The number of hydrogen-bond acceptors (Lipinski definition) is 2. The van der Waals surface area contributed by atoms with Crippen molar-refractivity contribution in [3.63, 3.8) is 0 Å². The van der Waals surface area contributed by atoms with Gasteiger partial charge >= 0.3 is 0 Å². The zero-order valence-corrected chi connectivity index (χ0v) is 12.6. The summed E-state index contributed by atoms with van der Waals surface area (Å²) in [6.07, 6.45) is 0. The summed E-state index contributed by atoms with van der Waals surface area (Å²) in [5.74, 6) is 0.231. The molecule has 0 spiro atoms. The average Bonchev–Trinajstić information content (AvgIpc) is 2.49. The van der Waals surface area contributed by atoms with Crippen LogP contribution in [0.5, 0.6) is 0 Å². The Labute approximate surface area is 124 Å². The summed E-state index contributed by atoms with van der Waals surface area (Å²) >= 11 is 5.71. The van der Waals surface area contributed by atoms with Crippen LogP contribution in [-0.2, 0) is 5.88 Å². The van der Waals surface area contributed by atoms with E-state index in [9.17, 15) is 4.79 Å². The van der Waals surface area contributed by atoms with E-state index in [0.717, 1.165) is 30.0 Å². The predicted octanol–water partition coefficient (Wildman–Crippen LogP) is 3.63. The second-order valence-corrected chi connectivity index (χ2v) is 4.85. The van der Waals surface area contributed by atoms with Crippen LogP contribution in [0, 0.1) is 0 Å². The highest BCUT2D eigenvalue weighted by atomic mass is 35.5. The molecule has 2 aromatic rings. The van der Waals surface area contributed by atoms with E-state index in [1.165, 1.54) is 0 Å². The summed E-state index contributed by atoms with van der Waals surface area (Å²) in [6, 6.07) is 11.9. The molecule has 4 heteroatoms. The maximum atomic E-state index is 11.8. The molecule has 0 amide bonds. The van der Waals surface area contributed by atoms with Gasteiger partial charge in [0.25, 0.3) is 5.56 Å². The molecule has 0 bridgehead atoms. The van der Waals surface area contributed by atoms with E-state index < -0.39 is 0 Å².